The molecule has 0 saturated carbocycles. The molecule has 0 bridgehead atoms. The Balaban J connectivity index is 1.43. The van der Waals surface area contributed by atoms with Gasteiger partial charge in [-0.25, -0.2) is 9.07 Å². The van der Waals surface area contributed by atoms with Gasteiger partial charge in [0, 0.05) is 42.4 Å². The summed E-state index contributed by atoms with van der Waals surface area (Å²) in [6, 6.07) is 1.82. The van der Waals surface area contributed by atoms with Crippen LogP contribution in [0, 0.1) is 29.9 Å². The highest BCUT2D eigenvalue weighted by Crippen LogP contribution is 2.55. The molecule has 1 aromatic carbocycles. The number of aryl methyl sites for hydroxylation is 1. The van der Waals surface area contributed by atoms with E-state index < -0.39 is 59.6 Å². The number of ether oxygens (including phenoxy) is 3. The van der Waals surface area contributed by atoms with E-state index in [2.05, 4.69) is 10.4 Å². The standard InChI is InChI=1S/C26H29F7N4O4/c1-13-18(15-4-5-16(27)19(28)20(15)40-7-6-36-9-25(10-36)11-39-12-25)21(41-24(13,3)26(31,32)33)22(38)34-17-8-37(23(29)30)35-14(17)2/h4-5,8,13,18,21,23H,6-7,9-12H2,1-3H3,(H,34,38)/t13-,18-,21+,24+/m0/s1. The van der Waals surface area contributed by atoms with Crippen molar-refractivity contribution in [2.75, 3.05) is 44.8 Å². The number of rotatable bonds is 8. The smallest absolute Gasteiger partial charge is 0.417 e. The largest absolute Gasteiger partial charge is 0.489 e. The number of aromatic nitrogens is 2. The lowest BCUT2D eigenvalue weighted by atomic mass is 9.77. The molecule has 0 aliphatic carbocycles. The Labute approximate surface area is 230 Å². The van der Waals surface area contributed by atoms with Crippen molar-refractivity contribution >= 4 is 11.6 Å². The first kappa shape index (κ1) is 29.6. The molecule has 3 fully saturated rings. The molecule has 8 nitrogen and oxygen atoms in total. The number of hydrogen-bond donors (Lipinski definition) is 1. The van der Waals surface area contributed by atoms with E-state index in [1.54, 1.807) is 0 Å². The number of nitrogens with one attached hydrogen (secondary N) is 1. The van der Waals surface area contributed by atoms with Crippen LogP contribution in [0.2, 0.25) is 0 Å². The molecular weight excluding hydrogens is 565 g/mol. The van der Waals surface area contributed by atoms with Crippen molar-refractivity contribution < 1.29 is 49.7 Å². The average molecular weight is 595 g/mol. The molecule has 1 aromatic heterocycles. The number of carbonyl (C=O) groups excluding carboxylic acids is 1. The highest BCUT2D eigenvalue weighted by Gasteiger charge is 2.66. The third-order valence-corrected chi connectivity index (χ3v) is 8.33. The lowest BCUT2D eigenvalue weighted by molar-refractivity contribution is -0.272. The van der Waals surface area contributed by atoms with Gasteiger partial charge >= 0.3 is 12.7 Å². The maximum Gasteiger partial charge on any atom is 0.417 e. The van der Waals surface area contributed by atoms with Crippen LogP contribution in [0.5, 0.6) is 5.75 Å². The van der Waals surface area contributed by atoms with Gasteiger partial charge in [0.15, 0.2) is 17.2 Å². The van der Waals surface area contributed by atoms with Crippen molar-refractivity contribution in [3.05, 3.63) is 41.2 Å². The summed E-state index contributed by atoms with van der Waals surface area (Å²) in [6.45, 7) is 3.31. The second kappa shape index (κ2) is 10.4. The molecular formula is C26H29F7N4O4. The number of likely N-dealkylation sites (tertiary alicyclic amines) is 1. The van der Waals surface area contributed by atoms with E-state index in [1.807, 2.05) is 4.90 Å². The normalized spacial score (nSPS) is 27.6. The minimum Gasteiger partial charge on any atom is -0.489 e. The molecule has 1 N–H and O–H groups in total. The number of nitrogens with zero attached hydrogens (tertiary/aromatic N) is 3. The summed E-state index contributed by atoms with van der Waals surface area (Å²) in [6.07, 6.45) is -5.99. The molecule has 3 aliphatic rings. The Morgan fingerprint density at radius 3 is 2.49 bits per heavy atom. The van der Waals surface area contributed by atoms with Gasteiger partial charge in [0.2, 0.25) is 5.82 Å². The average Bonchev–Trinajstić information content (AvgIpc) is 3.34. The number of amides is 1. The van der Waals surface area contributed by atoms with E-state index in [-0.39, 0.29) is 33.6 Å². The molecule has 3 saturated heterocycles. The summed E-state index contributed by atoms with van der Waals surface area (Å²) in [5.74, 6) is -7.31. The summed E-state index contributed by atoms with van der Waals surface area (Å²) >= 11 is 0. The zero-order chi connectivity index (χ0) is 29.9. The van der Waals surface area contributed by atoms with Crippen molar-refractivity contribution in [3.63, 3.8) is 0 Å². The van der Waals surface area contributed by atoms with Crippen molar-refractivity contribution in [2.45, 2.75) is 51.1 Å². The Bertz CT molecular complexity index is 1310. The first-order chi connectivity index (χ1) is 19.2. The van der Waals surface area contributed by atoms with Crippen LogP contribution >= 0.6 is 0 Å². The van der Waals surface area contributed by atoms with Crippen LogP contribution in [0.4, 0.5) is 36.4 Å². The van der Waals surface area contributed by atoms with Gasteiger partial charge in [-0.3, -0.25) is 9.69 Å². The molecule has 0 radical (unpaired) electrons. The number of carbonyl (C=O) groups is 1. The highest BCUT2D eigenvalue weighted by atomic mass is 19.4. The van der Waals surface area contributed by atoms with E-state index in [9.17, 15) is 31.1 Å². The predicted octanol–water partition coefficient (Wildman–Crippen LogP) is 4.65. The molecule has 226 valence electrons. The summed E-state index contributed by atoms with van der Waals surface area (Å²) in [5.41, 5.74) is -3.12. The number of hydrogen-bond acceptors (Lipinski definition) is 6. The summed E-state index contributed by atoms with van der Waals surface area (Å²) < 4.78 is 115. The van der Waals surface area contributed by atoms with Gasteiger partial charge < -0.3 is 19.5 Å². The van der Waals surface area contributed by atoms with Crippen molar-refractivity contribution in [1.29, 1.82) is 0 Å². The van der Waals surface area contributed by atoms with Gasteiger partial charge in [-0.2, -0.15) is 31.4 Å². The molecule has 5 rings (SSSR count). The fourth-order valence-corrected chi connectivity index (χ4v) is 5.80. The van der Waals surface area contributed by atoms with E-state index >= 15 is 4.39 Å². The Morgan fingerprint density at radius 2 is 1.93 bits per heavy atom. The predicted molar refractivity (Wildman–Crippen MR) is 130 cm³/mol. The van der Waals surface area contributed by atoms with E-state index in [1.165, 1.54) is 13.8 Å². The molecule has 0 unspecified atom stereocenters. The maximum absolute atomic E-state index is 15.1. The summed E-state index contributed by atoms with van der Waals surface area (Å²) in [4.78, 5) is 15.4. The van der Waals surface area contributed by atoms with Gasteiger partial charge in [-0.15, -0.1) is 0 Å². The quantitative estimate of drug-likeness (QED) is 0.449. The Hall–Kier alpha value is -2.91. The molecule has 4 heterocycles. The van der Waals surface area contributed by atoms with Crippen LogP contribution in [0.3, 0.4) is 0 Å². The van der Waals surface area contributed by atoms with Crippen molar-refractivity contribution in [1.82, 2.24) is 14.7 Å². The number of anilines is 1. The second-order valence-corrected chi connectivity index (χ2v) is 11.2. The van der Waals surface area contributed by atoms with Gasteiger partial charge in [-0.05, 0) is 19.9 Å². The van der Waals surface area contributed by atoms with Crippen molar-refractivity contribution in [3.8, 4) is 5.75 Å². The zero-order valence-electron chi connectivity index (χ0n) is 22.4. The summed E-state index contributed by atoms with van der Waals surface area (Å²) in [5, 5.41) is 5.87. The topological polar surface area (TPSA) is 77.9 Å². The van der Waals surface area contributed by atoms with Crippen LogP contribution in [0.1, 0.15) is 37.6 Å². The molecule has 4 atom stereocenters. The van der Waals surface area contributed by atoms with E-state index in [0.29, 0.717) is 19.8 Å². The van der Waals surface area contributed by atoms with Gasteiger partial charge in [0.05, 0.1) is 30.8 Å². The third-order valence-electron chi connectivity index (χ3n) is 8.33. The molecule has 2 aromatic rings. The number of halogens is 7. The van der Waals surface area contributed by atoms with Gasteiger partial charge in [0.25, 0.3) is 5.91 Å². The maximum atomic E-state index is 15.1. The van der Waals surface area contributed by atoms with Crippen LogP contribution in [-0.2, 0) is 14.3 Å². The SMILES string of the molecule is Cc1nn(C(F)F)cc1NC(=O)[C@@H]1O[C@@](C)(C(F)(F)F)[C@@H](C)[C@H]1c1ccc(F)c(F)c1OCCN1CC2(COC2)C1. The van der Waals surface area contributed by atoms with Crippen LogP contribution in [-0.4, -0.2) is 77.9 Å². The number of benzene rings is 1. The zero-order valence-corrected chi connectivity index (χ0v) is 22.4. The monoisotopic (exact) mass is 594 g/mol. The molecule has 15 heteroatoms. The highest BCUT2D eigenvalue weighted by molar-refractivity contribution is 5.95. The molecule has 1 spiro atoms. The minimum atomic E-state index is -4.95. The lowest BCUT2D eigenvalue weighted by Crippen LogP contribution is -2.66. The van der Waals surface area contributed by atoms with Crippen LogP contribution in [0.15, 0.2) is 18.3 Å². The molecule has 1 amide bonds. The molecule has 3 aliphatic heterocycles. The van der Waals surface area contributed by atoms with E-state index in [4.69, 9.17) is 14.2 Å². The Morgan fingerprint density at radius 1 is 1.24 bits per heavy atom. The van der Waals surface area contributed by atoms with E-state index in [0.717, 1.165) is 38.3 Å². The fourth-order valence-electron chi connectivity index (χ4n) is 5.80. The minimum absolute atomic E-state index is 0.0158. The van der Waals surface area contributed by atoms with Gasteiger partial charge in [-0.1, -0.05) is 13.0 Å². The van der Waals surface area contributed by atoms with Gasteiger partial charge in [0.1, 0.15) is 12.7 Å². The van der Waals surface area contributed by atoms with Crippen LogP contribution in [0.25, 0.3) is 0 Å². The number of alkyl halides is 5. The third kappa shape index (κ3) is 5.16. The van der Waals surface area contributed by atoms with Crippen molar-refractivity contribution in [2.24, 2.45) is 11.3 Å². The van der Waals surface area contributed by atoms with Crippen LogP contribution < -0.4 is 10.1 Å². The second-order valence-electron chi connectivity index (χ2n) is 11.2. The first-order valence-electron chi connectivity index (χ1n) is 13.0. The summed E-state index contributed by atoms with van der Waals surface area (Å²) in [7, 11) is 0. The first-order valence-corrected chi connectivity index (χ1v) is 13.0. The fraction of sp³-hybridized carbons (Fsp3) is 0.615. The lowest BCUT2D eigenvalue weighted by Gasteiger charge is -2.55. The Kier molecular flexibility index (Phi) is 7.52. The molecule has 41 heavy (non-hydrogen) atoms.